The van der Waals surface area contributed by atoms with E-state index < -0.39 is 11.7 Å². The van der Waals surface area contributed by atoms with Crippen molar-refractivity contribution in [2.24, 2.45) is 5.92 Å². The minimum absolute atomic E-state index is 0.0881. The van der Waals surface area contributed by atoms with Crippen molar-refractivity contribution in [2.45, 2.75) is 25.7 Å². The maximum absolute atomic E-state index is 12.4. The third kappa shape index (κ3) is 5.52. The lowest BCUT2D eigenvalue weighted by Gasteiger charge is -2.15. The van der Waals surface area contributed by atoms with E-state index in [0.29, 0.717) is 19.6 Å². The first kappa shape index (κ1) is 19.8. The molecule has 0 aromatic heterocycles. The first-order chi connectivity index (χ1) is 13.6. The Balaban J connectivity index is 1.39. The van der Waals surface area contributed by atoms with Crippen molar-refractivity contribution < 1.29 is 19.1 Å². The molecule has 146 valence electrons. The van der Waals surface area contributed by atoms with Crippen LogP contribution in [0.2, 0.25) is 0 Å². The molecule has 1 saturated heterocycles. The molecule has 0 unspecified atom stereocenters. The van der Waals surface area contributed by atoms with Crippen LogP contribution < -0.4 is 0 Å². The van der Waals surface area contributed by atoms with Crippen LogP contribution in [0.4, 0.5) is 0 Å². The number of carbonyl (C=O) groups excluding carboxylic acids is 3. The number of aryl methyl sites for hydroxylation is 1. The summed E-state index contributed by atoms with van der Waals surface area (Å²) in [6, 6.07) is 19.3. The molecule has 0 bridgehead atoms. The molecule has 0 spiro atoms. The van der Waals surface area contributed by atoms with Crippen LogP contribution in [0.25, 0.3) is 0 Å². The van der Waals surface area contributed by atoms with Gasteiger partial charge in [0.15, 0.2) is 0 Å². The van der Waals surface area contributed by atoms with E-state index in [-0.39, 0.29) is 24.9 Å². The fourth-order valence-corrected chi connectivity index (χ4v) is 3.38. The molecule has 1 amide bonds. The highest BCUT2D eigenvalue weighted by molar-refractivity contribution is 6.36. The quantitative estimate of drug-likeness (QED) is 0.402. The van der Waals surface area contributed by atoms with Crippen molar-refractivity contribution in [3.8, 4) is 0 Å². The predicted octanol–water partition coefficient (Wildman–Crippen LogP) is 2.82. The Kier molecular flexibility index (Phi) is 6.95. The second-order valence-corrected chi connectivity index (χ2v) is 7.08. The van der Waals surface area contributed by atoms with Crippen LogP contribution in [-0.2, 0) is 32.0 Å². The van der Waals surface area contributed by atoms with Gasteiger partial charge in [0.1, 0.15) is 0 Å². The Morgan fingerprint density at radius 1 is 0.929 bits per heavy atom. The van der Waals surface area contributed by atoms with Crippen LogP contribution in [0.5, 0.6) is 0 Å². The highest BCUT2D eigenvalue weighted by Crippen LogP contribution is 2.19. The number of benzene rings is 2. The number of Topliss-reactive ketones (excluding diaryl/α,β-unsaturated/α-hetero) is 1. The number of likely N-dealkylation sites (tertiary alicyclic amines) is 1. The van der Waals surface area contributed by atoms with Crippen LogP contribution in [0.15, 0.2) is 60.7 Å². The maximum Gasteiger partial charge on any atom is 0.310 e. The summed E-state index contributed by atoms with van der Waals surface area (Å²) >= 11 is 0. The first-order valence-corrected chi connectivity index (χ1v) is 9.70. The summed E-state index contributed by atoms with van der Waals surface area (Å²) in [7, 11) is 0. The van der Waals surface area contributed by atoms with E-state index in [4.69, 9.17) is 4.74 Å². The van der Waals surface area contributed by atoms with E-state index in [1.807, 2.05) is 48.5 Å². The Labute approximate surface area is 165 Å². The zero-order valence-electron chi connectivity index (χ0n) is 15.9. The van der Waals surface area contributed by atoms with Gasteiger partial charge in [0.2, 0.25) is 5.78 Å². The molecule has 5 heteroatoms. The largest absolute Gasteiger partial charge is 0.465 e. The second kappa shape index (κ2) is 9.83. The van der Waals surface area contributed by atoms with Gasteiger partial charge < -0.3 is 9.64 Å². The Morgan fingerprint density at radius 3 is 2.25 bits per heavy atom. The predicted molar refractivity (Wildman–Crippen MR) is 106 cm³/mol. The van der Waals surface area contributed by atoms with Gasteiger partial charge in [-0.1, -0.05) is 60.7 Å². The molecule has 0 aliphatic carbocycles. The molecule has 5 nitrogen and oxygen atoms in total. The topological polar surface area (TPSA) is 63.7 Å². The Morgan fingerprint density at radius 2 is 1.57 bits per heavy atom. The van der Waals surface area contributed by atoms with E-state index >= 15 is 0 Å². The third-order valence-electron chi connectivity index (χ3n) is 4.95. The van der Waals surface area contributed by atoms with Crippen LogP contribution in [0.1, 0.15) is 24.0 Å². The molecule has 0 saturated carbocycles. The number of ketones is 1. The lowest BCUT2D eigenvalue weighted by molar-refractivity contribution is -0.149. The van der Waals surface area contributed by atoms with Crippen molar-refractivity contribution in [1.29, 1.82) is 0 Å². The molecule has 1 aliphatic heterocycles. The summed E-state index contributed by atoms with van der Waals surface area (Å²) in [5, 5.41) is 0. The summed E-state index contributed by atoms with van der Waals surface area (Å²) in [5.41, 5.74) is 2.03. The van der Waals surface area contributed by atoms with Gasteiger partial charge in [-0.25, -0.2) is 0 Å². The summed E-state index contributed by atoms with van der Waals surface area (Å²) in [4.78, 5) is 38.3. The molecule has 0 radical (unpaired) electrons. The Hall–Kier alpha value is -2.95. The van der Waals surface area contributed by atoms with Gasteiger partial charge in [0.05, 0.1) is 12.5 Å². The smallest absolute Gasteiger partial charge is 0.310 e. The second-order valence-electron chi connectivity index (χ2n) is 7.08. The molecule has 1 fully saturated rings. The summed E-state index contributed by atoms with van der Waals surface area (Å²) < 4.78 is 5.37. The average Bonchev–Trinajstić information content (AvgIpc) is 3.22. The van der Waals surface area contributed by atoms with Gasteiger partial charge in [-0.05, 0) is 30.4 Å². The normalized spacial score (nSPS) is 16.0. The maximum atomic E-state index is 12.4. The molecule has 1 heterocycles. The van der Waals surface area contributed by atoms with Gasteiger partial charge in [0, 0.05) is 19.5 Å². The Bertz CT molecular complexity index is 804. The zero-order chi connectivity index (χ0) is 19.8. The molecule has 0 N–H and O–H groups in total. The summed E-state index contributed by atoms with van der Waals surface area (Å²) in [6.45, 7) is 1.05. The van der Waals surface area contributed by atoms with Crippen molar-refractivity contribution in [3.05, 3.63) is 71.8 Å². The number of carbonyl (C=O) groups is 3. The number of esters is 1. The van der Waals surface area contributed by atoms with E-state index in [0.717, 1.165) is 18.4 Å². The molecular formula is C23H25NO4. The van der Waals surface area contributed by atoms with Crippen LogP contribution in [0.3, 0.4) is 0 Å². The van der Waals surface area contributed by atoms with Crippen LogP contribution in [0, 0.1) is 5.92 Å². The fraction of sp³-hybridized carbons (Fsp3) is 0.348. The number of ether oxygens (including phenoxy) is 1. The van der Waals surface area contributed by atoms with Crippen molar-refractivity contribution >= 4 is 17.7 Å². The highest BCUT2D eigenvalue weighted by atomic mass is 16.5. The van der Waals surface area contributed by atoms with Crippen LogP contribution in [-0.4, -0.2) is 42.3 Å². The van der Waals surface area contributed by atoms with Gasteiger partial charge in [-0.15, -0.1) is 0 Å². The molecule has 1 atom stereocenters. The van der Waals surface area contributed by atoms with E-state index in [1.165, 1.54) is 10.5 Å². The minimum atomic E-state index is -0.511. The van der Waals surface area contributed by atoms with Crippen LogP contribution >= 0.6 is 0 Å². The van der Waals surface area contributed by atoms with E-state index in [9.17, 15) is 14.4 Å². The van der Waals surface area contributed by atoms with E-state index in [2.05, 4.69) is 12.1 Å². The van der Waals surface area contributed by atoms with Crippen molar-refractivity contribution in [1.82, 2.24) is 4.90 Å². The van der Waals surface area contributed by atoms with Gasteiger partial charge in [-0.3, -0.25) is 14.4 Å². The average molecular weight is 379 g/mol. The van der Waals surface area contributed by atoms with Gasteiger partial charge in [0.25, 0.3) is 5.91 Å². The number of rotatable bonds is 8. The zero-order valence-corrected chi connectivity index (χ0v) is 15.9. The van der Waals surface area contributed by atoms with Crippen molar-refractivity contribution in [2.75, 3.05) is 19.7 Å². The van der Waals surface area contributed by atoms with Gasteiger partial charge in [-0.2, -0.15) is 0 Å². The number of nitrogens with zero attached hydrogens (tertiary/aromatic N) is 1. The summed E-state index contributed by atoms with van der Waals surface area (Å²) in [6.07, 6.45) is 2.25. The molecule has 2 aromatic rings. The third-order valence-corrected chi connectivity index (χ3v) is 4.95. The fourth-order valence-electron chi connectivity index (χ4n) is 3.38. The SMILES string of the molecule is O=C(Cc1ccccc1)C(=O)N1CC[C@@H](C(=O)OCCCc2ccccc2)C1. The first-order valence-electron chi connectivity index (χ1n) is 9.70. The summed E-state index contributed by atoms with van der Waals surface area (Å²) in [5.74, 6) is -1.57. The van der Waals surface area contributed by atoms with E-state index in [1.54, 1.807) is 0 Å². The monoisotopic (exact) mass is 379 g/mol. The number of hydrogen-bond donors (Lipinski definition) is 0. The molecule has 1 aliphatic rings. The number of hydrogen-bond acceptors (Lipinski definition) is 4. The molecule has 2 aromatic carbocycles. The standard InChI is InChI=1S/C23H25NO4/c25-21(16-19-10-5-2-6-11-19)22(26)24-14-13-20(17-24)23(27)28-15-7-12-18-8-3-1-4-9-18/h1-6,8-11,20H,7,12-17H2/t20-/m1/s1. The van der Waals surface area contributed by atoms with Crippen molar-refractivity contribution in [3.63, 3.8) is 0 Å². The lowest BCUT2D eigenvalue weighted by Crippen LogP contribution is -2.36. The minimum Gasteiger partial charge on any atom is -0.465 e. The van der Waals surface area contributed by atoms with Gasteiger partial charge >= 0.3 is 5.97 Å². The highest BCUT2D eigenvalue weighted by Gasteiger charge is 2.34. The molecular weight excluding hydrogens is 354 g/mol. The number of amides is 1. The molecule has 3 rings (SSSR count). The molecule has 28 heavy (non-hydrogen) atoms. The lowest BCUT2D eigenvalue weighted by atomic mass is 10.1.